The lowest BCUT2D eigenvalue weighted by molar-refractivity contribution is -0.150. The summed E-state index contributed by atoms with van der Waals surface area (Å²) in [4.78, 5) is 42.5. The van der Waals surface area contributed by atoms with Crippen molar-refractivity contribution in [1.82, 2.24) is 4.90 Å². The van der Waals surface area contributed by atoms with Crippen molar-refractivity contribution in [3.8, 4) is 0 Å². The highest BCUT2D eigenvalue weighted by Gasteiger charge is 2.77. The lowest BCUT2D eigenvalue weighted by Crippen LogP contribution is -2.59. The number of rotatable bonds is 8. The standard InChI is InChI=1S/C23H26BrClN2O6/c1-3-9-26(15-8-6-5-7-14(15)25)21(30)19-23-10-13(24)18(33-23)16(22(31)32)17(23)20(29)27(19)12(4-2)11-28/h3,5-8,12-13,16-19,28H,1,4,9-11H2,2H3,(H,31,32)/t12-,13?,16-,17+,18-,19-,23+/m0/s1. The third-order valence-electron chi connectivity index (χ3n) is 7.04. The number of alkyl halides is 1. The molecule has 178 valence electrons. The number of carbonyl (C=O) groups is 3. The predicted molar refractivity (Wildman–Crippen MR) is 125 cm³/mol. The first-order valence-corrected chi connectivity index (χ1v) is 12.2. The van der Waals surface area contributed by atoms with Crippen LogP contribution in [-0.2, 0) is 19.1 Å². The van der Waals surface area contributed by atoms with E-state index in [0.717, 1.165) is 0 Å². The summed E-state index contributed by atoms with van der Waals surface area (Å²) in [5.74, 6) is -4.15. The van der Waals surface area contributed by atoms with Crippen molar-refractivity contribution >= 4 is 51.0 Å². The van der Waals surface area contributed by atoms with Crippen LogP contribution in [0.2, 0.25) is 5.02 Å². The summed E-state index contributed by atoms with van der Waals surface area (Å²) in [6.07, 6.45) is 1.52. The fourth-order valence-electron chi connectivity index (χ4n) is 5.69. The molecule has 3 aliphatic rings. The van der Waals surface area contributed by atoms with Crippen LogP contribution < -0.4 is 4.90 Å². The number of hydrogen-bond donors (Lipinski definition) is 2. The van der Waals surface area contributed by atoms with Gasteiger partial charge in [0.1, 0.15) is 11.6 Å². The minimum atomic E-state index is -1.32. The molecule has 2 bridgehead atoms. The highest BCUT2D eigenvalue weighted by molar-refractivity contribution is 9.09. The molecule has 8 nitrogen and oxygen atoms in total. The third kappa shape index (κ3) is 3.51. The van der Waals surface area contributed by atoms with Crippen LogP contribution in [0.15, 0.2) is 36.9 Å². The Morgan fingerprint density at radius 2 is 2.15 bits per heavy atom. The largest absolute Gasteiger partial charge is 0.481 e. The number of aliphatic hydroxyl groups is 1. The molecule has 2 N–H and O–H groups in total. The van der Waals surface area contributed by atoms with E-state index in [1.54, 1.807) is 37.3 Å². The van der Waals surface area contributed by atoms with Gasteiger partial charge in [-0.05, 0) is 25.0 Å². The molecule has 1 unspecified atom stereocenters. The number of para-hydroxylation sites is 1. The Bertz CT molecular complexity index is 987. The smallest absolute Gasteiger partial charge is 0.310 e. The molecule has 1 aromatic carbocycles. The second kappa shape index (κ2) is 9.02. The Hall–Kier alpha value is -1.94. The Labute approximate surface area is 205 Å². The molecular weight excluding hydrogens is 516 g/mol. The van der Waals surface area contributed by atoms with Crippen molar-refractivity contribution < 1.29 is 29.3 Å². The molecule has 33 heavy (non-hydrogen) atoms. The van der Waals surface area contributed by atoms with Crippen molar-refractivity contribution in [2.24, 2.45) is 11.8 Å². The zero-order valence-electron chi connectivity index (χ0n) is 18.1. The number of carboxylic acids is 1. The van der Waals surface area contributed by atoms with Crippen molar-refractivity contribution in [2.75, 3.05) is 18.1 Å². The van der Waals surface area contributed by atoms with E-state index < -0.39 is 53.4 Å². The van der Waals surface area contributed by atoms with Crippen LogP contribution in [-0.4, -0.2) is 74.7 Å². The van der Waals surface area contributed by atoms with E-state index >= 15 is 0 Å². The lowest BCUT2D eigenvalue weighted by atomic mass is 9.70. The second-order valence-electron chi connectivity index (χ2n) is 8.68. The van der Waals surface area contributed by atoms with E-state index in [0.29, 0.717) is 23.6 Å². The van der Waals surface area contributed by atoms with E-state index in [1.165, 1.54) is 9.80 Å². The molecule has 3 aliphatic heterocycles. The van der Waals surface area contributed by atoms with Crippen LogP contribution in [0.5, 0.6) is 0 Å². The van der Waals surface area contributed by atoms with E-state index in [4.69, 9.17) is 16.3 Å². The van der Waals surface area contributed by atoms with Crippen LogP contribution in [0.25, 0.3) is 0 Å². The first kappa shape index (κ1) is 24.2. The number of carbonyl (C=O) groups excluding carboxylic acids is 2. The first-order valence-electron chi connectivity index (χ1n) is 10.9. The Kier molecular flexibility index (Phi) is 6.61. The molecule has 0 aromatic heterocycles. The fourth-order valence-corrected chi connectivity index (χ4v) is 6.87. The molecule has 0 aliphatic carbocycles. The Balaban J connectivity index is 1.86. The van der Waals surface area contributed by atoms with E-state index in [1.807, 2.05) is 0 Å². The maximum Gasteiger partial charge on any atom is 0.310 e. The van der Waals surface area contributed by atoms with Gasteiger partial charge in [0.25, 0.3) is 5.91 Å². The van der Waals surface area contributed by atoms with Crippen LogP contribution >= 0.6 is 27.5 Å². The molecule has 1 spiro atoms. The molecule has 3 saturated heterocycles. The molecule has 0 radical (unpaired) electrons. The number of benzene rings is 1. The summed E-state index contributed by atoms with van der Waals surface area (Å²) in [6, 6.07) is 5.08. The first-order chi connectivity index (χ1) is 15.7. The minimum absolute atomic E-state index is 0.126. The maximum absolute atomic E-state index is 14.2. The summed E-state index contributed by atoms with van der Waals surface area (Å²) in [5, 5.41) is 20.3. The number of nitrogens with zero attached hydrogens (tertiary/aromatic N) is 2. The highest BCUT2D eigenvalue weighted by atomic mass is 79.9. The van der Waals surface area contributed by atoms with Gasteiger partial charge in [0.05, 0.1) is 41.3 Å². The molecule has 3 heterocycles. The lowest BCUT2D eigenvalue weighted by Gasteiger charge is -2.39. The van der Waals surface area contributed by atoms with Crippen LogP contribution in [0.4, 0.5) is 5.69 Å². The third-order valence-corrected chi connectivity index (χ3v) is 8.21. The zero-order chi connectivity index (χ0) is 24.1. The Morgan fingerprint density at radius 3 is 2.73 bits per heavy atom. The number of ether oxygens (including phenoxy) is 1. The average Bonchev–Trinajstić information content (AvgIpc) is 3.37. The number of amides is 2. The van der Waals surface area contributed by atoms with E-state index in [-0.39, 0.29) is 18.0 Å². The molecule has 3 fully saturated rings. The second-order valence-corrected chi connectivity index (χ2v) is 10.3. The van der Waals surface area contributed by atoms with Crippen LogP contribution in [0.3, 0.4) is 0 Å². The number of carboxylic acid groups (broad SMARTS) is 1. The van der Waals surface area contributed by atoms with Gasteiger partial charge in [-0.1, -0.05) is 52.7 Å². The zero-order valence-corrected chi connectivity index (χ0v) is 20.4. The van der Waals surface area contributed by atoms with Gasteiger partial charge in [-0.25, -0.2) is 0 Å². The van der Waals surface area contributed by atoms with Gasteiger partial charge in [0.15, 0.2) is 0 Å². The molecule has 10 heteroatoms. The summed E-state index contributed by atoms with van der Waals surface area (Å²) in [5.41, 5.74) is -0.870. The molecular formula is C23H26BrClN2O6. The van der Waals surface area contributed by atoms with Crippen LogP contribution in [0, 0.1) is 11.8 Å². The topological polar surface area (TPSA) is 107 Å². The minimum Gasteiger partial charge on any atom is -0.481 e. The molecule has 1 aromatic rings. The summed E-state index contributed by atoms with van der Waals surface area (Å²) in [7, 11) is 0. The number of anilines is 1. The SMILES string of the molecule is C=CCN(C(=O)[C@@H]1N([C@@H](CC)CO)C(=O)[C@H]2[C@H](C(=O)O)[C@H]3O[C@@]12CC3Br)c1ccccc1Cl. The Morgan fingerprint density at radius 1 is 1.45 bits per heavy atom. The van der Waals surface area contributed by atoms with Gasteiger partial charge < -0.3 is 24.7 Å². The van der Waals surface area contributed by atoms with Crippen molar-refractivity contribution in [3.63, 3.8) is 0 Å². The number of aliphatic hydroxyl groups excluding tert-OH is 1. The number of likely N-dealkylation sites (tertiary alicyclic amines) is 1. The molecule has 2 amide bonds. The summed E-state index contributed by atoms with van der Waals surface area (Å²) >= 11 is 9.92. The fraction of sp³-hybridized carbons (Fsp3) is 0.522. The van der Waals surface area contributed by atoms with E-state index in [9.17, 15) is 24.6 Å². The number of fused-ring (bicyclic) bond motifs is 1. The normalized spacial score (nSPS) is 33.2. The summed E-state index contributed by atoms with van der Waals surface area (Å²) < 4.78 is 6.26. The van der Waals surface area contributed by atoms with Crippen LogP contribution in [0.1, 0.15) is 19.8 Å². The van der Waals surface area contributed by atoms with Gasteiger partial charge >= 0.3 is 5.97 Å². The molecule has 4 rings (SSSR count). The van der Waals surface area contributed by atoms with E-state index in [2.05, 4.69) is 22.5 Å². The van der Waals surface area contributed by atoms with Gasteiger partial charge in [0, 0.05) is 11.4 Å². The average molecular weight is 542 g/mol. The van der Waals surface area contributed by atoms with Gasteiger partial charge in [0.2, 0.25) is 5.91 Å². The maximum atomic E-state index is 14.2. The molecule has 0 saturated carbocycles. The van der Waals surface area contributed by atoms with Crippen molar-refractivity contribution in [3.05, 3.63) is 41.9 Å². The van der Waals surface area contributed by atoms with Gasteiger partial charge in [-0.15, -0.1) is 6.58 Å². The monoisotopic (exact) mass is 540 g/mol. The van der Waals surface area contributed by atoms with Gasteiger partial charge in [-0.3, -0.25) is 14.4 Å². The van der Waals surface area contributed by atoms with Crippen molar-refractivity contribution in [2.45, 2.75) is 48.4 Å². The highest BCUT2D eigenvalue weighted by Crippen LogP contribution is 2.60. The predicted octanol–water partition coefficient (Wildman–Crippen LogP) is 2.46. The summed E-state index contributed by atoms with van der Waals surface area (Å²) in [6.45, 7) is 5.32. The number of halogens is 2. The quantitative estimate of drug-likeness (QED) is 0.387. The number of hydrogen-bond acceptors (Lipinski definition) is 5. The number of aliphatic carboxylic acids is 1. The molecule has 7 atom stereocenters. The van der Waals surface area contributed by atoms with Crippen molar-refractivity contribution in [1.29, 1.82) is 0 Å². The van der Waals surface area contributed by atoms with Gasteiger partial charge in [-0.2, -0.15) is 0 Å².